The van der Waals surface area contributed by atoms with E-state index in [9.17, 15) is 30.8 Å². The fraction of sp³-hybridized carbons (Fsp3) is 0.389. The van der Waals surface area contributed by atoms with Crippen LogP contribution in [-0.2, 0) is 16.9 Å². The molecule has 0 saturated carbocycles. The molecule has 0 radical (unpaired) electrons. The molecule has 2 rings (SSSR count). The van der Waals surface area contributed by atoms with Crippen LogP contribution in [0.15, 0.2) is 29.3 Å². The van der Waals surface area contributed by atoms with E-state index in [2.05, 4.69) is 5.32 Å². The number of carbonyl (C=O) groups excluding carboxylic acids is 1. The van der Waals surface area contributed by atoms with Gasteiger partial charge >= 0.3 is 6.18 Å². The maximum Gasteiger partial charge on any atom is 0.395 e. The molecule has 0 fully saturated rings. The Balaban J connectivity index is 2.33. The van der Waals surface area contributed by atoms with Gasteiger partial charge < -0.3 is 9.88 Å². The van der Waals surface area contributed by atoms with Crippen LogP contribution in [0, 0.1) is 11.2 Å². The van der Waals surface area contributed by atoms with E-state index < -0.39 is 50.2 Å². The first-order valence-corrected chi connectivity index (χ1v) is 10.9. The molecule has 1 N–H and O–H groups in total. The number of hydrogen-bond donors (Lipinski definition) is 1. The van der Waals surface area contributed by atoms with Crippen molar-refractivity contribution in [1.29, 1.82) is 0 Å². The summed E-state index contributed by atoms with van der Waals surface area (Å²) >= 11 is 11.3. The van der Waals surface area contributed by atoms with Crippen molar-refractivity contribution in [2.24, 2.45) is 12.5 Å². The zero-order valence-electron chi connectivity index (χ0n) is 16.1. The molecule has 5 nitrogen and oxygen atoms in total. The highest BCUT2D eigenvalue weighted by Gasteiger charge is 2.52. The molecule has 0 aliphatic heterocycles. The molecular formula is C18H18Cl2F4N2O3S. The van der Waals surface area contributed by atoms with Gasteiger partial charge in [-0.3, -0.25) is 4.79 Å². The lowest BCUT2D eigenvalue weighted by Gasteiger charge is -2.30. The van der Waals surface area contributed by atoms with E-state index in [-0.39, 0.29) is 21.4 Å². The predicted octanol–water partition coefficient (Wildman–Crippen LogP) is 5.48. The number of alkyl halides is 3. The van der Waals surface area contributed by atoms with E-state index in [0.717, 1.165) is 35.9 Å². The third kappa shape index (κ3) is 4.92. The van der Waals surface area contributed by atoms with E-state index in [4.69, 9.17) is 23.2 Å². The summed E-state index contributed by atoms with van der Waals surface area (Å²) in [6, 6.07) is 3.19. The largest absolute Gasteiger partial charge is 0.395 e. The van der Waals surface area contributed by atoms with Gasteiger partial charge in [0.25, 0.3) is 5.91 Å². The smallest absolute Gasteiger partial charge is 0.345 e. The zero-order valence-corrected chi connectivity index (χ0v) is 18.4. The number of nitrogens with one attached hydrogen (secondary N) is 1. The molecule has 2 aromatic rings. The van der Waals surface area contributed by atoms with Gasteiger partial charge in [-0.05, 0) is 31.5 Å². The average Bonchev–Trinajstić information content (AvgIpc) is 3.01. The number of rotatable bonds is 6. The van der Waals surface area contributed by atoms with Gasteiger partial charge in [0.15, 0.2) is 15.7 Å². The van der Waals surface area contributed by atoms with Gasteiger partial charge in [0.05, 0.1) is 26.1 Å². The summed E-state index contributed by atoms with van der Waals surface area (Å²) in [5, 5.41) is 1.72. The van der Waals surface area contributed by atoms with Crippen LogP contribution < -0.4 is 5.32 Å². The van der Waals surface area contributed by atoms with Crippen molar-refractivity contribution < 1.29 is 30.8 Å². The molecule has 1 unspecified atom stereocenters. The van der Waals surface area contributed by atoms with E-state index in [1.807, 2.05) is 0 Å². The third-order valence-corrected chi connectivity index (χ3v) is 7.30. The molecule has 0 aliphatic rings. The van der Waals surface area contributed by atoms with Crippen molar-refractivity contribution in [3.8, 4) is 0 Å². The van der Waals surface area contributed by atoms with E-state index in [1.54, 1.807) is 0 Å². The van der Waals surface area contributed by atoms with Crippen LogP contribution in [0.1, 0.15) is 30.8 Å². The SMILES string of the molecule is CCC(C)(CS(=O)(=O)c1cc(C(=O)Nc2cc(Cl)c(F)c(Cl)c2)n(C)c1)C(F)(F)F. The number of benzene rings is 1. The number of nitrogens with zero attached hydrogens (tertiary/aromatic N) is 1. The fourth-order valence-electron chi connectivity index (χ4n) is 2.64. The maximum atomic E-state index is 13.5. The minimum atomic E-state index is -4.72. The van der Waals surface area contributed by atoms with E-state index in [0.29, 0.717) is 0 Å². The van der Waals surface area contributed by atoms with E-state index >= 15 is 0 Å². The van der Waals surface area contributed by atoms with Crippen LogP contribution >= 0.6 is 23.2 Å². The molecule has 1 atom stereocenters. The monoisotopic (exact) mass is 488 g/mol. The summed E-state index contributed by atoms with van der Waals surface area (Å²) in [6.45, 7) is 2.09. The highest BCUT2D eigenvalue weighted by atomic mass is 35.5. The quantitative estimate of drug-likeness (QED) is 0.432. The van der Waals surface area contributed by atoms with Gasteiger partial charge in [0.2, 0.25) is 0 Å². The zero-order chi connectivity index (χ0) is 23.1. The number of sulfone groups is 1. The second-order valence-corrected chi connectivity index (χ2v) is 9.85. The summed E-state index contributed by atoms with van der Waals surface area (Å²) < 4.78 is 79.8. The number of aryl methyl sites for hydroxylation is 1. The first-order chi connectivity index (χ1) is 13.6. The van der Waals surface area contributed by atoms with Crippen molar-refractivity contribution in [1.82, 2.24) is 4.57 Å². The summed E-state index contributed by atoms with van der Waals surface area (Å²) in [6.07, 6.45) is -4.09. The molecular weight excluding hydrogens is 471 g/mol. The molecule has 1 heterocycles. The van der Waals surface area contributed by atoms with E-state index in [1.165, 1.54) is 14.0 Å². The Morgan fingerprint density at radius 2 is 1.70 bits per heavy atom. The van der Waals surface area contributed by atoms with Gasteiger partial charge in [-0.1, -0.05) is 30.1 Å². The standard InChI is InChI=1S/C18H18Cl2F4N2O3S/c1-4-17(2,18(22,23)24)9-30(28,29)11-7-14(26(3)8-11)16(27)25-10-5-12(19)15(21)13(20)6-10/h5-8H,4,9H2,1-3H3,(H,25,27). The molecule has 0 saturated heterocycles. The lowest BCUT2D eigenvalue weighted by molar-refractivity contribution is -0.210. The molecule has 1 aromatic heterocycles. The number of hydrogen-bond acceptors (Lipinski definition) is 3. The molecule has 30 heavy (non-hydrogen) atoms. The molecule has 0 bridgehead atoms. The predicted molar refractivity (Wildman–Crippen MR) is 106 cm³/mol. The molecule has 1 aromatic carbocycles. The normalized spacial score (nSPS) is 14.4. The topological polar surface area (TPSA) is 68.2 Å². The Bertz CT molecular complexity index is 1060. The minimum absolute atomic E-state index is 0.0534. The van der Waals surface area contributed by atoms with Crippen molar-refractivity contribution in [2.45, 2.75) is 31.3 Å². The minimum Gasteiger partial charge on any atom is -0.345 e. The van der Waals surface area contributed by atoms with Crippen LogP contribution in [0.5, 0.6) is 0 Å². The first-order valence-electron chi connectivity index (χ1n) is 8.53. The van der Waals surface area contributed by atoms with Crippen LogP contribution in [0.2, 0.25) is 10.0 Å². The van der Waals surface area contributed by atoms with Gasteiger partial charge in [0.1, 0.15) is 5.69 Å². The average molecular weight is 489 g/mol. The van der Waals surface area contributed by atoms with Crippen molar-refractivity contribution in [2.75, 3.05) is 11.1 Å². The van der Waals surface area contributed by atoms with Crippen LogP contribution in [-0.4, -0.2) is 30.8 Å². The summed E-state index contributed by atoms with van der Waals surface area (Å²) in [4.78, 5) is 12.1. The van der Waals surface area contributed by atoms with Gasteiger partial charge in [-0.2, -0.15) is 13.2 Å². The number of aromatic nitrogens is 1. The maximum absolute atomic E-state index is 13.5. The number of anilines is 1. The Morgan fingerprint density at radius 3 is 2.17 bits per heavy atom. The van der Waals surface area contributed by atoms with Crippen molar-refractivity contribution >= 4 is 44.6 Å². The van der Waals surface area contributed by atoms with Gasteiger partial charge in [-0.25, -0.2) is 12.8 Å². The lowest BCUT2D eigenvalue weighted by atomic mass is 9.89. The second kappa shape index (κ2) is 8.39. The molecule has 12 heteroatoms. The van der Waals surface area contributed by atoms with Crippen molar-refractivity contribution in [3.63, 3.8) is 0 Å². The van der Waals surface area contributed by atoms with Crippen LogP contribution in [0.3, 0.4) is 0 Å². The molecule has 1 amide bonds. The Hall–Kier alpha value is -1.78. The number of amides is 1. The fourth-order valence-corrected chi connectivity index (χ4v) is 5.11. The summed E-state index contributed by atoms with van der Waals surface area (Å²) in [5.41, 5.74) is -2.53. The van der Waals surface area contributed by atoms with Crippen molar-refractivity contribution in [3.05, 3.63) is 46.0 Å². The second-order valence-electron chi connectivity index (χ2n) is 7.05. The summed E-state index contributed by atoms with van der Waals surface area (Å²) in [7, 11) is -2.99. The Kier molecular flexibility index (Phi) is 6.85. The molecule has 0 spiro atoms. The summed E-state index contributed by atoms with van der Waals surface area (Å²) in [5.74, 6) is -2.81. The third-order valence-electron chi connectivity index (χ3n) is 4.79. The van der Waals surface area contributed by atoms with Crippen LogP contribution in [0.25, 0.3) is 0 Å². The molecule has 166 valence electrons. The Labute approximate surface area is 180 Å². The molecule has 0 aliphatic carbocycles. The first kappa shape index (κ1) is 24.5. The van der Waals surface area contributed by atoms with Gasteiger partial charge in [0, 0.05) is 18.9 Å². The highest BCUT2D eigenvalue weighted by Crippen LogP contribution is 2.42. The lowest BCUT2D eigenvalue weighted by Crippen LogP contribution is -2.40. The number of carbonyl (C=O) groups is 1. The van der Waals surface area contributed by atoms with Crippen LogP contribution in [0.4, 0.5) is 23.2 Å². The Morgan fingerprint density at radius 1 is 1.17 bits per heavy atom. The van der Waals surface area contributed by atoms with Gasteiger partial charge in [-0.15, -0.1) is 0 Å². The number of halogens is 6. The highest BCUT2D eigenvalue weighted by molar-refractivity contribution is 7.91.